The van der Waals surface area contributed by atoms with E-state index in [2.05, 4.69) is 22.0 Å². The number of methoxy groups -OCH3 is 2. The highest BCUT2D eigenvalue weighted by Crippen LogP contribution is 2.36. The van der Waals surface area contributed by atoms with Gasteiger partial charge in [-0.1, -0.05) is 6.92 Å². The molecule has 7 heteroatoms. The average molecular weight is 399 g/mol. The Morgan fingerprint density at radius 1 is 1.21 bits per heavy atom. The zero-order valence-corrected chi connectivity index (χ0v) is 17.5. The number of fused-ring (bicyclic) bond motifs is 1. The molecule has 1 aliphatic carbocycles. The lowest BCUT2D eigenvalue weighted by Gasteiger charge is -2.38. The SMILES string of the molecule is COc1ccc(OC)c(CN2CCN(C(=O)C3CCc4[nH]ncc4C3C)CC2)c1. The summed E-state index contributed by atoms with van der Waals surface area (Å²) in [5.74, 6) is 2.29. The normalized spacial score (nSPS) is 22.2. The number of aryl methyl sites for hydroxylation is 1. The minimum absolute atomic E-state index is 0.0603. The molecule has 1 fully saturated rings. The topological polar surface area (TPSA) is 70.7 Å². The summed E-state index contributed by atoms with van der Waals surface area (Å²) in [4.78, 5) is 17.6. The summed E-state index contributed by atoms with van der Waals surface area (Å²) >= 11 is 0. The molecule has 2 aromatic rings. The quantitative estimate of drug-likeness (QED) is 0.838. The predicted molar refractivity (Wildman–Crippen MR) is 110 cm³/mol. The van der Waals surface area contributed by atoms with Crippen molar-refractivity contribution in [1.29, 1.82) is 0 Å². The van der Waals surface area contributed by atoms with Gasteiger partial charge in [-0.05, 0) is 42.5 Å². The van der Waals surface area contributed by atoms with Crippen LogP contribution >= 0.6 is 0 Å². The minimum atomic E-state index is 0.0603. The molecule has 156 valence electrons. The number of hydrogen-bond donors (Lipinski definition) is 1. The van der Waals surface area contributed by atoms with Gasteiger partial charge in [0.1, 0.15) is 11.5 Å². The number of aromatic amines is 1. The molecule has 1 aliphatic heterocycles. The fourth-order valence-corrected chi connectivity index (χ4v) is 4.63. The van der Waals surface area contributed by atoms with Gasteiger partial charge in [0.05, 0.1) is 20.4 Å². The third-order valence-electron chi connectivity index (χ3n) is 6.43. The van der Waals surface area contributed by atoms with Crippen molar-refractivity contribution in [2.45, 2.75) is 32.2 Å². The maximum absolute atomic E-state index is 13.2. The van der Waals surface area contributed by atoms with Gasteiger partial charge in [0.15, 0.2) is 0 Å². The first-order valence-electron chi connectivity index (χ1n) is 10.3. The molecule has 1 saturated heterocycles. The van der Waals surface area contributed by atoms with Gasteiger partial charge < -0.3 is 14.4 Å². The molecule has 4 rings (SSSR count). The summed E-state index contributed by atoms with van der Waals surface area (Å²) < 4.78 is 10.9. The lowest BCUT2D eigenvalue weighted by atomic mass is 9.78. The van der Waals surface area contributed by atoms with Gasteiger partial charge in [-0.25, -0.2) is 0 Å². The maximum atomic E-state index is 13.2. The first kappa shape index (κ1) is 19.8. The van der Waals surface area contributed by atoms with Crippen molar-refractivity contribution in [2.75, 3.05) is 40.4 Å². The second-order valence-corrected chi connectivity index (χ2v) is 8.02. The van der Waals surface area contributed by atoms with Crippen LogP contribution in [0.3, 0.4) is 0 Å². The van der Waals surface area contributed by atoms with E-state index in [9.17, 15) is 4.79 Å². The van der Waals surface area contributed by atoms with Crippen LogP contribution in [-0.2, 0) is 17.8 Å². The van der Waals surface area contributed by atoms with Gasteiger partial charge in [-0.2, -0.15) is 5.10 Å². The molecular formula is C22H30N4O3. The molecule has 1 aromatic heterocycles. The average Bonchev–Trinajstić information content (AvgIpc) is 3.24. The second-order valence-electron chi connectivity index (χ2n) is 8.02. The van der Waals surface area contributed by atoms with Crippen molar-refractivity contribution in [3.05, 3.63) is 41.2 Å². The van der Waals surface area contributed by atoms with Crippen LogP contribution in [0.1, 0.15) is 36.1 Å². The van der Waals surface area contributed by atoms with Gasteiger partial charge >= 0.3 is 0 Å². The molecule has 1 amide bonds. The molecule has 0 spiro atoms. The Hall–Kier alpha value is -2.54. The Morgan fingerprint density at radius 3 is 2.72 bits per heavy atom. The lowest BCUT2D eigenvalue weighted by Crippen LogP contribution is -2.50. The third kappa shape index (κ3) is 3.96. The van der Waals surface area contributed by atoms with Gasteiger partial charge in [0.25, 0.3) is 0 Å². The Kier molecular flexibility index (Phi) is 5.76. The third-order valence-corrected chi connectivity index (χ3v) is 6.43. The minimum Gasteiger partial charge on any atom is -0.497 e. The van der Waals surface area contributed by atoms with E-state index in [4.69, 9.17) is 9.47 Å². The van der Waals surface area contributed by atoms with Crippen LogP contribution in [0.25, 0.3) is 0 Å². The number of ether oxygens (including phenoxy) is 2. The Balaban J connectivity index is 1.36. The highest BCUT2D eigenvalue weighted by molar-refractivity contribution is 5.80. The van der Waals surface area contributed by atoms with E-state index in [1.807, 2.05) is 29.3 Å². The zero-order valence-electron chi connectivity index (χ0n) is 17.5. The van der Waals surface area contributed by atoms with E-state index >= 15 is 0 Å². The molecule has 2 atom stereocenters. The van der Waals surface area contributed by atoms with Crippen molar-refractivity contribution in [2.24, 2.45) is 5.92 Å². The number of amides is 1. The first-order chi connectivity index (χ1) is 14.1. The Morgan fingerprint density at radius 2 is 2.00 bits per heavy atom. The number of nitrogens with zero attached hydrogens (tertiary/aromatic N) is 3. The maximum Gasteiger partial charge on any atom is 0.226 e. The summed E-state index contributed by atoms with van der Waals surface area (Å²) in [6.07, 6.45) is 3.70. The zero-order chi connectivity index (χ0) is 20.4. The monoisotopic (exact) mass is 398 g/mol. The molecule has 1 N–H and O–H groups in total. The molecule has 0 saturated carbocycles. The number of hydrogen-bond acceptors (Lipinski definition) is 5. The molecule has 0 bridgehead atoms. The van der Waals surface area contributed by atoms with Crippen molar-refractivity contribution in [1.82, 2.24) is 20.0 Å². The standard InChI is InChI=1S/C22H30N4O3/c1-15-18(5-6-20-19(15)13-23-24-20)22(27)26-10-8-25(9-11-26)14-16-12-17(28-2)4-7-21(16)29-3/h4,7,12-13,15,18H,5-6,8-11,14H2,1-3H3,(H,23,24). The van der Waals surface area contributed by atoms with Crippen LogP contribution in [0.4, 0.5) is 0 Å². The summed E-state index contributed by atoms with van der Waals surface area (Å²) in [5, 5.41) is 7.23. The summed E-state index contributed by atoms with van der Waals surface area (Å²) in [7, 11) is 3.37. The predicted octanol–water partition coefficient (Wildman–Crippen LogP) is 2.44. The van der Waals surface area contributed by atoms with Crippen molar-refractivity contribution < 1.29 is 14.3 Å². The van der Waals surface area contributed by atoms with Crippen molar-refractivity contribution >= 4 is 5.91 Å². The Labute approximate surface area is 172 Å². The second kappa shape index (κ2) is 8.45. The molecule has 29 heavy (non-hydrogen) atoms. The first-order valence-corrected chi connectivity index (χ1v) is 10.3. The summed E-state index contributed by atoms with van der Waals surface area (Å²) in [5.41, 5.74) is 3.51. The van der Waals surface area contributed by atoms with E-state index < -0.39 is 0 Å². The molecule has 0 radical (unpaired) electrons. The summed E-state index contributed by atoms with van der Waals surface area (Å²) in [6, 6.07) is 5.89. The number of aromatic nitrogens is 2. The van der Waals surface area contributed by atoms with Gasteiger partial charge in [-0.15, -0.1) is 0 Å². The number of carbonyl (C=O) groups excluding carboxylic acids is 1. The van der Waals surface area contributed by atoms with E-state index in [0.717, 1.165) is 62.6 Å². The fraction of sp³-hybridized carbons (Fsp3) is 0.545. The van der Waals surface area contributed by atoms with Gasteiger partial charge in [0, 0.05) is 49.9 Å². The Bertz CT molecular complexity index is 857. The largest absolute Gasteiger partial charge is 0.497 e. The highest BCUT2D eigenvalue weighted by atomic mass is 16.5. The molecule has 1 aromatic carbocycles. The number of H-pyrrole nitrogens is 1. The highest BCUT2D eigenvalue weighted by Gasteiger charge is 2.36. The van der Waals surface area contributed by atoms with Crippen LogP contribution in [0, 0.1) is 5.92 Å². The van der Waals surface area contributed by atoms with Crippen molar-refractivity contribution in [3.63, 3.8) is 0 Å². The van der Waals surface area contributed by atoms with Gasteiger partial charge in [-0.3, -0.25) is 14.8 Å². The molecule has 2 unspecified atom stereocenters. The van der Waals surface area contributed by atoms with E-state index in [-0.39, 0.29) is 11.8 Å². The van der Waals surface area contributed by atoms with E-state index in [1.54, 1.807) is 14.2 Å². The smallest absolute Gasteiger partial charge is 0.226 e. The number of benzene rings is 1. The molecule has 2 aliphatic rings. The van der Waals surface area contributed by atoms with Crippen LogP contribution in [-0.4, -0.2) is 66.3 Å². The molecule has 7 nitrogen and oxygen atoms in total. The van der Waals surface area contributed by atoms with E-state index in [0.29, 0.717) is 5.91 Å². The lowest BCUT2D eigenvalue weighted by molar-refractivity contribution is -0.138. The number of piperazine rings is 1. The van der Waals surface area contributed by atoms with Crippen LogP contribution in [0.15, 0.2) is 24.4 Å². The van der Waals surface area contributed by atoms with Crippen LogP contribution in [0.2, 0.25) is 0 Å². The van der Waals surface area contributed by atoms with Crippen LogP contribution in [0.5, 0.6) is 11.5 Å². The molecule has 2 heterocycles. The number of rotatable bonds is 5. The number of carbonyl (C=O) groups is 1. The summed E-state index contributed by atoms with van der Waals surface area (Å²) in [6.45, 7) is 6.22. The van der Waals surface area contributed by atoms with Crippen LogP contribution < -0.4 is 9.47 Å². The number of nitrogens with one attached hydrogen (secondary N) is 1. The van der Waals surface area contributed by atoms with Crippen molar-refractivity contribution in [3.8, 4) is 11.5 Å². The fourth-order valence-electron chi connectivity index (χ4n) is 4.63. The van der Waals surface area contributed by atoms with Gasteiger partial charge in [0.2, 0.25) is 5.91 Å². The molecular weight excluding hydrogens is 368 g/mol. The van der Waals surface area contributed by atoms with E-state index in [1.165, 1.54) is 11.3 Å².